The topological polar surface area (TPSA) is 92.3 Å². The Labute approximate surface area is 169 Å². The fourth-order valence-electron chi connectivity index (χ4n) is 2.68. The second-order valence-corrected chi connectivity index (χ2v) is 6.26. The van der Waals surface area contributed by atoms with Crippen molar-refractivity contribution < 1.29 is 14.3 Å². The highest BCUT2D eigenvalue weighted by molar-refractivity contribution is 6.04. The Morgan fingerprint density at radius 1 is 0.897 bits per heavy atom. The number of nitrogens with one attached hydrogen (secondary N) is 3. The van der Waals surface area contributed by atoms with Crippen molar-refractivity contribution >= 4 is 34.6 Å². The molecule has 2 amide bonds. The molecule has 2 aromatic carbocycles. The van der Waals surface area contributed by atoms with Crippen molar-refractivity contribution in [3.05, 3.63) is 72.6 Å². The Bertz CT molecular complexity index is 1000. The monoisotopic (exact) mass is 390 g/mol. The second kappa shape index (κ2) is 9.36. The lowest BCUT2D eigenvalue weighted by molar-refractivity contribution is -0.114. The van der Waals surface area contributed by atoms with Crippen molar-refractivity contribution in [3.8, 4) is 5.75 Å². The molecule has 0 saturated heterocycles. The number of hydrogen-bond donors (Lipinski definition) is 3. The van der Waals surface area contributed by atoms with Crippen LogP contribution in [0.5, 0.6) is 5.75 Å². The summed E-state index contributed by atoms with van der Waals surface area (Å²) in [4.78, 5) is 27.9. The van der Waals surface area contributed by atoms with Crippen LogP contribution in [0.4, 0.5) is 22.7 Å². The maximum atomic E-state index is 12.5. The minimum atomic E-state index is -0.266. The molecule has 148 valence electrons. The Morgan fingerprint density at radius 3 is 2.38 bits per heavy atom. The first-order chi connectivity index (χ1) is 14.0. The van der Waals surface area contributed by atoms with Gasteiger partial charge in [-0.05, 0) is 55.5 Å². The zero-order valence-corrected chi connectivity index (χ0v) is 16.2. The Balaban J connectivity index is 1.68. The van der Waals surface area contributed by atoms with E-state index in [1.165, 1.54) is 13.1 Å². The SMILES string of the molecule is CCOc1ccc(NC(=O)c2cncc(Nc3cccc(NC(C)=O)c3)c2)cc1. The van der Waals surface area contributed by atoms with Gasteiger partial charge in [-0.2, -0.15) is 0 Å². The molecule has 7 nitrogen and oxygen atoms in total. The summed E-state index contributed by atoms with van der Waals surface area (Å²) in [6, 6.07) is 16.2. The average Bonchev–Trinajstić information content (AvgIpc) is 2.70. The van der Waals surface area contributed by atoms with E-state index in [1.54, 1.807) is 48.7 Å². The molecule has 0 aliphatic heterocycles. The van der Waals surface area contributed by atoms with Gasteiger partial charge in [0.05, 0.1) is 24.1 Å². The summed E-state index contributed by atoms with van der Waals surface area (Å²) in [5.74, 6) is 0.342. The van der Waals surface area contributed by atoms with Crippen molar-refractivity contribution in [1.29, 1.82) is 0 Å². The predicted octanol–water partition coefficient (Wildman–Crippen LogP) is 4.43. The molecule has 0 atom stereocenters. The van der Waals surface area contributed by atoms with Crippen LogP contribution in [-0.4, -0.2) is 23.4 Å². The zero-order chi connectivity index (χ0) is 20.6. The van der Waals surface area contributed by atoms with Crippen LogP contribution in [0.1, 0.15) is 24.2 Å². The molecule has 3 rings (SSSR count). The summed E-state index contributed by atoms with van der Waals surface area (Å²) in [6.45, 7) is 3.96. The standard InChI is InChI=1S/C22H22N4O3/c1-3-29-21-9-7-17(8-10-21)26-22(28)16-11-20(14-23-13-16)25-19-6-4-5-18(12-19)24-15(2)27/h4-14,25H,3H2,1-2H3,(H,24,27)(H,26,28). The van der Waals surface area contributed by atoms with Crippen LogP contribution >= 0.6 is 0 Å². The van der Waals surface area contributed by atoms with E-state index in [9.17, 15) is 9.59 Å². The maximum Gasteiger partial charge on any atom is 0.257 e. The number of benzene rings is 2. The van der Waals surface area contributed by atoms with Crippen molar-refractivity contribution in [3.63, 3.8) is 0 Å². The number of pyridine rings is 1. The van der Waals surface area contributed by atoms with Gasteiger partial charge in [0, 0.05) is 30.2 Å². The molecule has 0 radical (unpaired) electrons. The van der Waals surface area contributed by atoms with E-state index < -0.39 is 0 Å². The van der Waals surface area contributed by atoms with E-state index in [0.29, 0.717) is 29.2 Å². The third-order valence-corrected chi connectivity index (χ3v) is 3.90. The van der Waals surface area contributed by atoms with Gasteiger partial charge >= 0.3 is 0 Å². The van der Waals surface area contributed by atoms with Crippen LogP contribution in [0.2, 0.25) is 0 Å². The minimum absolute atomic E-state index is 0.142. The summed E-state index contributed by atoms with van der Waals surface area (Å²) in [5.41, 5.74) is 3.19. The van der Waals surface area contributed by atoms with Gasteiger partial charge in [-0.1, -0.05) is 6.07 Å². The number of nitrogens with zero attached hydrogens (tertiary/aromatic N) is 1. The number of rotatable bonds is 7. The van der Waals surface area contributed by atoms with Gasteiger partial charge in [0.25, 0.3) is 5.91 Å². The van der Waals surface area contributed by atoms with Crippen molar-refractivity contribution in [1.82, 2.24) is 4.98 Å². The first-order valence-electron chi connectivity index (χ1n) is 9.17. The molecule has 29 heavy (non-hydrogen) atoms. The Hall–Kier alpha value is -3.87. The highest BCUT2D eigenvalue weighted by Gasteiger charge is 2.08. The lowest BCUT2D eigenvalue weighted by atomic mass is 10.2. The molecular weight excluding hydrogens is 368 g/mol. The molecule has 1 aromatic heterocycles. The quantitative estimate of drug-likeness (QED) is 0.555. The Morgan fingerprint density at radius 2 is 1.66 bits per heavy atom. The summed E-state index contributed by atoms with van der Waals surface area (Å²) >= 11 is 0. The molecular formula is C22H22N4O3. The van der Waals surface area contributed by atoms with E-state index in [2.05, 4.69) is 20.9 Å². The fourth-order valence-corrected chi connectivity index (χ4v) is 2.68. The highest BCUT2D eigenvalue weighted by atomic mass is 16.5. The molecule has 3 aromatic rings. The predicted molar refractivity (Wildman–Crippen MR) is 114 cm³/mol. The van der Waals surface area contributed by atoms with Gasteiger partial charge in [-0.3, -0.25) is 14.6 Å². The van der Waals surface area contributed by atoms with Crippen LogP contribution < -0.4 is 20.7 Å². The van der Waals surface area contributed by atoms with Gasteiger partial charge in [0.15, 0.2) is 0 Å². The number of ether oxygens (including phenoxy) is 1. The molecule has 0 bridgehead atoms. The van der Waals surface area contributed by atoms with Gasteiger partial charge in [0.1, 0.15) is 5.75 Å². The summed E-state index contributed by atoms with van der Waals surface area (Å²) < 4.78 is 5.40. The largest absolute Gasteiger partial charge is 0.494 e. The van der Waals surface area contributed by atoms with E-state index in [0.717, 1.165) is 11.4 Å². The van der Waals surface area contributed by atoms with Crippen molar-refractivity contribution in [2.24, 2.45) is 0 Å². The van der Waals surface area contributed by atoms with Gasteiger partial charge < -0.3 is 20.7 Å². The summed E-state index contributed by atoms with van der Waals surface area (Å²) in [5, 5.41) is 8.76. The summed E-state index contributed by atoms with van der Waals surface area (Å²) in [7, 11) is 0. The van der Waals surface area contributed by atoms with Gasteiger partial charge in [-0.25, -0.2) is 0 Å². The number of carbonyl (C=O) groups is 2. The maximum absolute atomic E-state index is 12.5. The molecule has 0 fully saturated rings. The van der Waals surface area contributed by atoms with Gasteiger partial charge in [0.2, 0.25) is 5.91 Å². The number of hydrogen-bond acceptors (Lipinski definition) is 5. The number of carbonyl (C=O) groups excluding carboxylic acids is 2. The van der Waals surface area contributed by atoms with E-state index >= 15 is 0 Å². The smallest absolute Gasteiger partial charge is 0.257 e. The highest BCUT2D eigenvalue weighted by Crippen LogP contribution is 2.21. The lowest BCUT2D eigenvalue weighted by Gasteiger charge is -2.10. The number of aromatic nitrogens is 1. The van der Waals surface area contributed by atoms with E-state index in [4.69, 9.17) is 4.74 Å². The third kappa shape index (κ3) is 5.80. The molecule has 0 spiro atoms. The average molecular weight is 390 g/mol. The van der Waals surface area contributed by atoms with Crippen LogP contribution in [0, 0.1) is 0 Å². The van der Waals surface area contributed by atoms with E-state index in [1.807, 2.05) is 19.1 Å². The van der Waals surface area contributed by atoms with Crippen LogP contribution in [0.15, 0.2) is 67.0 Å². The minimum Gasteiger partial charge on any atom is -0.494 e. The molecule has 0 aliphatic carbocycles. The summed E-state index contributed by atoms with van der Waals surface area (Å²) in [6.07, 6.45) is 3.13. The van der Waals surface area contributed by atoms with Crippen molar-refractivity contribution in [2.45, 2.75) is 13.8 Å². The number of anilines is 4. The molecule has 1 heterocycles. The van der Waals surface area contributed by atoms with Gasteiger partial charge in [-0.15, -0.1) is 0 Å². The first kappa shape index (κ1) is 19.9. The van der Waals surface area contributed by atoms with Crippen LogP contribution in [0.3, 0.4) is 0 Å². The molecule has 0 unspecified atom stereocenters. The number of amides is 2. The normalized spacial score (nSPS) is 10.1. The fraction of sp³-hybridized carbons (Fsp3) is 0.136. The molecule has 3 N–H and O–H groups in total. The van der Waals surface area contributed by atoms with E-state index in [-0.39, 0.29) is 11.8 Å². The molecule has 7 heteroatoms. The molecule has 0 aliphatic rings. The second-order valence-electron chi connectivity index (χ2n) is 6.26. The third-order valence-electron chi connectivity index (χ3n) is 3.90. The lowest BCUT2D eigenvalue weighted by Crippen LogP contribution is -2.12. The van der Waals surface area contributed by atoms with Crippen molar-refractivity contribution in [2.75, 3.05) is 22.6 Å². The first-order valence-corrected chi connectivity index (χ1v) is 9.17. The zero-order valence-electron chi connectivity index (χ0n) is 16.2. The molecule has 0 saturated carbocycles. The van der Waals surface area contributed by atoms with Crippen LogP contribution in [0.25, 0.3) is 0 Å². The van der Waals surface area contributed by atoms with Crippen LogP contribution in [-0.2, 0) is 4.79 Å². The Kier molecular flexibility index (Phi) is 6.42.